The molecule has 3 N–H and O–H groups in total. The Hall–Kier alpha value is -1.11. The van der Waals surface area contributed by atoms with Crippen LogP contribution in [0.25, 0.3) is 0 Å². The molecule has 0 aliphatic carbocycles. The highest BCUT2D eigenvalue weighted by Gasteiger charge is 2.26. The SMILES string of the molecule is Cc1cc(N)ccc1S(=O)(=O)NCC1CCN(C(C)C)C1. The number of anilines is 1. The van der Waals surface area contributed by atoms with Gasteiger partial charge in [-0.15, -0.1) is 0 Å². The molecule has 118 valence electrons. The van der Waals surface area contributed by atoms with E-state index in [4.69, 9.17) is 5.73 Å². The topological polar surface area (TPSA) is 75.4 Å². The molecule has 5 nitrogen and oxygen atoms in total. The lowest BCUT2D eigenvalue weighted by atomic mass is 10.1. The quantitative estimate of drug-likeness (QED) is 0.810. The van der Waals surface area contributed by atoms with Gasteiger partial charge in [-0.05, 0) is 63.4 Å². The summed E-state index contributed by atoms with van der Waals surface area (Å²) < 4.78 is 27.5. The molecule has 0 bridgehead atoms. The fourth-order valence-corrected chi connectivity index (χ4v) is 4.12. The fourth-order valence-electron chi connectivity index (χ4n) is 2.78. The smallest absolute Gasteiger partial charge is 0.240 e. The summed E-state index contributed by atoms with van der Waals surface area (Å²) in [4.78, 5) is 2.70. The van der Waals surface area contributed by atoms with E-state index in [1.165, 1.54) is 0 Å². The minimum atomic E-state index is -3.46. The molecule has 1 unspecified atom stereocenters. The zero-order valence-corrected chi connectivity index (χ0v) is 13.8. The van der Waals surface area contributed by atoms with Gasteiger partial charge in [0.15, 0.2) is 0 Å². The largest absolute Gasteiger partial charge is 0.399 e. The summed E-state index contributed by atoms with van der Waals surface area (Å²) in [7, 11) is -3.46. The molecule has 1 aliphatic heterocycles. The van der Waals surface area contributed by atoms with Crippen LogP contribution in [-0.4, -0.2) is 39.0 Å². The first-order chi connectivity index (χ1) is 9.79. The molecule has 1 aromatic carbocycles. The van der Waals surface area contributed by atoms with Crippen LogP contribution in [0.15, 0.2) is 23.1 Å². The normalized spacial score (nSPS) is 20.3. The summed E-state index contributed by atoms with van der Waals surface area (Å²) in [6, 6.07) is 5.40. The summed E-state index contributed by atoms with van der Waals surface area (Å²) >= 11 is 0. The Kier molecular flexibility index (Phi) is 4.91. The molecule has 1 atom stereocenters. The number of benzene rings is 1. The van der Waals surface area contributed by atoms with Crippen molar-refractivity contribution in [1.82, 2.24) is 9.62 Å². The first kappa shape index (κ1) is 16.3. The van der Waals surface area contributed by atoms with Crippen molar-refractivity contribution in [2.45, 2.75) is 38.1 Å². The lowest BCUT2D eigenvalue weighted by Crippen LogP contribution is -2.33. The van der Waals surface area contributed by atoms with Crippen LogP contribution in [0, 0.1) is 12.8 Å². The summed E-state index contributed by atoms with van der Waals surface area (Å²) in [5.41, 5.74) is 6.92. The molecule has 0 amide bonds. The van der Waals surface area contributed by atoms with E-state index in [0.29, 0.717) is 34.7 Å². The van der Waals surface area contributed by atoms with Crippen molar-refractivity contribution in [2.24, 2.45) is 5.92 Å². The second kappa shape index (κ2) is 6.34. The lowest BCUT2D eigenvalue weighted by Gasteiger charge is -2.20. The van der Waals surface area contributed by atoms with Gasteiger partial charge in [-0.3, -0.25) is 0 Å². The number of nitrogen functional groups attached to an aromatic ring is 1. The van der Waals surface area contributed by atoms with E-state index < -0.39 is 10.0 Å². The molecular weight excluding hydrogens is 286 g/mol. The summed E-state index contributed by atoms with van der Waals surface area (Å²) in [6.07, 6.45) is 1.04. The highest BCUT2D eigenvalue weighted by atomic mass is 32.2. The van der Waals surface area contributed by atoms with Gasteiger partial charge in [0.25, 0.3) is 0 Å². The molecule has 0 saturated carbocycles. The zero-order chi connectivity index (χ0) is 15.6. The van der Waals surface area contributed by atoms with E-state index in [2.05, 4.69) is 23.5 Å². The Labute approximate surface area is 127 Å². The van der Waals surface area contributed by atoms with Crippen molar-refractivity contribution in [2.75, 3.05) is 25.4 Å². The van der Waals surface area contributed by atoms with Crippen LogP contribution in [0.2, 0.25) is 0 Å². The maximum atomic E-state index is 12.4. The zero-order valence-electron chi connectivity index (χ0n) is 13.0. The molecule has 0 spiro atoms. The van der Waals surface area contributed by atoms with E-state index in [0.717, 1.165) is 19.5 Å². The number of aryl methyl sites for hydroxylation is 1. The van der Waals surface area contributed by atoms with E-state index >= 15 is 0 Å². The van der Waals surface area contributed by atoms with E-state index in [9.17, 15) is 8.42 Å². The van der Waals surface area contributed by atoms with Gasteiger partial charge < -0.3 is 10.6 Å². The summed E-state index contributed by atoms with van der Waals surface area (Å²) in [6.45, 7) is 8.61. The second-order valence-corrected chi connectivity index (χ2v) is 7.86. The third-order valence-electron chi connectivity index (χ3n) is 4.10. The minimum Gasteiger partial charge on any atom is -0.399 e. The molecule has 21 heavy (non-hydrogen) atoms. The van der Waals surface area contributed by atoms with Crippen LogP contribution in [0.5, 0.6) is 0 Å². The average Bonchev–Trinajstić information content (AvgIpc) is 2.85. The van der Waals surface area contributed by atoms with E-state index in [1.807, 2.05) is 0 Å². The van der Waals surface area contributed by atoms with Crippen LogP contribution in [0.1, 0.15) is 25.8 Å². The van der Waals surface area contributed by atoms with Crippen LogP contribution >= 0.6 is 0 Å². The number of rotatable bonds is 5. The minimum absolute atomic E-state index is 0.315. The van der Waals surface area contributed by atoms with Gasteiger partial charge in [0.2, 0.25) is 10.0 Å². The predicted molar refractivity (Wildman–Crippen MR) is 85.6 cm³/mol. The van der Waals surface area contributed by atoms with Crippen molar-refractivity contribution in [3.63, 3.8) is 0 Å². The van der Waals surface area contributed by atoms with Gasteiger partial charge in [0, 0.05) is 24.8 Å². The second-order valence-electron chi connectivity index (χ2n) is 6.12. The van der Waals surface area contributed by atoms with Gasteiger partial charge in [0.1, 0.15) is 0 Å². The van der Waals surface area contributed by atoms with Crippen LogP contribution in [0.4, 0.5) is 5.69 Å². The molecular formula is C15H25N3O2S. The Morgan fingerprint density at radius 2 is 2.14 bits per heavy atom. The molecule has 1 aliphatic rings. The van der Waals surface area contributed by atoms with Gasteiger partial charge in [-0.2, -0.15) is 0 Å². The highest BCUT2D eigenvalue weighted by Crippen LogP contribution is 2.20. The number of nitrogens with zero attached hydrogens (tertiary/aromatic N) is 1. The predicted octanol–water partition coefficient (Wildman–Crippen LogP) is 1.59. The van der Waals surface area contributed by atoms with Crippen molar-refractivity contribution in [3.8, 4) is 0 Å². The van der Waals surface area contributed by atoms with E-state index in [1.54, 1.807) is 25.1 Å². The van der Waals surface area contributed by atoms with Crippen molar-refractivity contribution >= 4 is 15.7 Å². The summed E-state index contributed by atoms with van der Waals surface area (Å²) in [5.74, 6) is 0.385. The number of nitrogens with two attached hydrogens (primary N) is 1. The molecule has 2 rings (SSSR count). The Balaban J connectivity index is 1.99. The van der Waals surface area contributed by atoms with E-state index in [-0.39, 0.29) is 0 Å². The lowest BCUT2D eigenvalue weighted by molar-refractivity contribution is 0.265. The molecule has 1 aromatic rings. The van der Waals surface area contributed by atoms with Gasteiger partial charge in [-0.25, -0.2) is 13.1 Å². The number of likely N-dealkylation sites (tertiary alicyclic amines) is 1. The van der Waals surface area contributed by atoms with Crippen LogP contribution in [-0.2, 0) is 10.0 Å². The summed E-state index contributed by atoms with van der Waals surface area (Å²) in [5, 5.41) is 0. The standard InChI is InChI=1S/C15H25N3O2S/c1-11(2)18-7-6-13(10-18)9-17-21(19,20)15-5-4-14(16)8-12(15)3/h4-5,8,11,13,17H,6-7,9-10,16H2,1-3H3. The molecule has 1 fully saturated rings. The van der Waals surface area contributed by atoms with Gasteiger partial charge in [-0.1, -0.05) is 0 Å². The fraction of sp³-hybridized carbons (Fsp3) is 0.600. The Bertz CT molecular complexity index is 599. The Morgan fingerprint density at radius 3 is 2.71 bits per heavy atom. The number of sulfonamides is 1. The third-order valence-corrected chi connectivity index (χ3v) is 5.68. The Morgan fingerprint density at radius 1 is 1.43 bits per heavy atom. The van der Waals surface area contributed by atoms with Crippen molar-refractivity contribution in [1.29, 1.82) is 0 Å². The average molecular weight is 311 g/mol. The van der Waals surface area contributed by atoms with Crippen molar-refractivity contribution < 1.29 is 8.42 Å². The molecule has 0 radical (unpaired) electrons. The molecule has 1 heterocycles. The maximum Gasteiger partial charge on any atom is 0.240 e. The first-order valence-electron chi connectivity index (χ1n) is 7.39. The highest BCUT2D eigenvalue weighted by molar-refractivity contribution is 7.89. The van der Waals surface area contributed by atoms with Crippen LogP contribution in [0.3, 0.4) is 0 Å². The number of hydrogen-bond donors (Lipinski definition) is 2. The number of nitrogens with one attached hydrogen (secondary N) is 1. The molecule has 1 saturated heterocycles. The maximum absolute atomic E-state index is 12.4. The van der Waals surface area contributed by atoms with Crippen molar-refractivity contribution in [3.05, 3.63) is 23.8 Å². The number of hydrogen-bond acceptors (Lipinski definition) is 4. The van der Waals surface area contributed by atoms with Gasteiger partial charge >= 0.3 is 0 Å². The molecule has 0 aromatic heterocycles. The van der Waals surface area contributed by atoms with Crippen LogP contribution < -0.4 is 10.5 Å². The monoisotopic (exact) mass is 311 g/mol. The first-order valence-corrected chi connectivity index (χ1v) is 8.88. The van der Waals surface area contributed by atoms with Gasteiger partial charge in [0.05, 0.1) is 4.90 Å². The third kappa shape index (κ3) is 3.96. The molecule has 6 heteroatoms.